The van der Waals surface area contributed by atoms with Crippen LogP contribution in [-0.2, 0) is 16.9 Å². The molecule has 0 aliphatic heterocycles. The molecule has 0 spiro atoms. The molecule has 0 radical (unpaired) electrons. The van der Waals surface area contributed by atoms with E-state index in [4.69, 9.17) is 0 Å². The highest BCUT2D eigenvalue weighted by atomic mass is 16.3. The van der Waals surface area contributed by atoms with Crippen molar-refractivity contribution in [3.8, 4) is 0 Å². The summed E-state index contributed by atoms with van der Waals surface area (Å²) in [7, 11) is 0. The zero-order valence-electron chi connectivity index (χ0n) is 20.0. The van der Waals surface area contributed by atoms with Crippen molar-refractivity contribution in [2.75, 3.05) is 0 Å². The number of fused-ring (bicyclic) bond motifs is 1. The Morgan fingerprint density at radius 1 is 0.861 bits per heavy atom. The van der Waals surface area contributed by atoms with Crippen LogP contribution in [0.15, 0.2) is 120 Å². The number of para-hydroxylation sites is 1. The molecule has 36 heavy (non-hydrogen) atoms. The van der Waals surface area contributed by atoms with E-state index in [-0.39, 0.29) is 0 Å². The molecule has 5 nitrogen and oxygen atoms in total. The lowest BCUT2D eigenvalue weighted by molar-refractivity contribution is -0.136. The van der Waals surface area contributed by atoms with Gasteiger partial charge in [-0.2, -0.15) is 5.10 Å². The number of nitrogens with zero attached hydrogens (tertiary/aromatic N) is 2. The Morgan fingerprint density at radius 3 is 2.11 bits per heavy atom. The molecule has 2 N–H and O–H groups in total. The average Bonchev–Trinajstić information content (AvgIpc) is 3.27. The summed E-state index contributed by atoms with van der Waals surface area (Å²) in [6.07, 6.45) is 3.67. The standard InChI is InChI=1S/C31H27N3O2/c1-23-12-8-9-13-24(23)21-34-22-25(28-18-10-11-19-29(28)34)20-32-33-30(35)31(36,26-14-4-2-5-15-26)27-16-6-3-7-17-27/h2-20,22,36H,21H2,1H3,(H,33,35). The zero-order valence-corrected chi connectivity index (χ0v) is 20.0. The second-order valence-electron chi connectivity index (χ2n) is 8.80. The first-order valence-electron chi connectivity index (χ1n) is 11.9. The van der Waals surface area contributed by atoms with Crippen LogP contribution in [0.2, 0.25) is 0 Å². The second kappa shape index (κ2) is 10.0. The maximum atomic E-state index is 13.3. The van der Waals surface area contributed by atoms with Crippen LogP contribution in [0.1, 0.15) is 27.8 Å². The quantitative estimate of drug-likeness (QED) is 0.246. The number of hydrazone groups is 1. The maximum Gasteiger partial charge on any atom is 0.281 e. The Bertz CT molecular complexity index is 1480. The first-order valence-corrected chi connectivity index (χ1v) is 11.9. The second-order valence-corrected chi connectivity index (χ2v) is 8.80. The first-order chi connectivity index (χ1) is 17.6. The highest BCUT2D eigenvalue weighted by Crippen LogP contribution is 2.30. The minimum Gasteiger partial charge on any atom is -0.372 e. The lowest BCUT2D eigenvalue weighted by atomic mass is 9.85. The molecule has 0 saturated heterocycles. The van der Waals surface area contributed by atoms with Crippen LogP contribution < -0.4 is 5.43 Å². The Morgan fingerprint density at radius 2 is 1.44 bits per heavy atom. The molecular weight excluding hydrogens is 446 g/mol. The third-order valence-electron chi connectivity index (χ3n) is 6.50. The van der Waals surface area contributed by atoms with Crippen molar-refractivity contribution in [1.82, 2.24) is 9.99 Å². The van der Waals surface area contributed by atoms with E-state index in [2.05, 4.69) is 40.2 Å². The predicted octanol–water partition coefficient (Wildman–Crippen LogP) is 5.38. The lowest BCUT2D eigenvalue weighted by Crippen LogP contribution is -2.43. The van der Waals surface area contributed by atoms with E-state index in [0.717, 1.165) is 23.0 Å². The van der Waals surface area contributed by atoms with Crippen LogP contribution in [0.5, 0.6) is 0 Å². The number of rotatable bonds is 7. The maximum absolute atomic E-state index is 13.3. The normalized spacial score (nSPS) is 11.7. The van der Waals surface area contributed by atoms with Crippen molar-refractivity contribution in [2.45, 2.75) is 19.1 Å². The minimum absolute atomic E-state index is 0.471. The molecule has 0 fully saturated rings. The summed E-state index contributed by atoms with van der Waals surface area (Å²) in [4.78, 5) is 13.3. The van der Waals surface area contributed by atoms with Crippen molar-refractivity contribution in [1.29, 1.82) is 0 Å². The number of aromatic nitrogens is 1. The third kappa shape index (κ3) is 4.44. The predicted molar refractivity (Wildman–Crippen MR) is 144 cm³/mol. The van der Waals surface area contributed by atoms with Crippen molar-refractivity contribution in [3.05, 3.63) is 143 Å². The molecule has 5 heteroatoms. The number of aryl methyl sites for hydroxylation is 1. The van der Waals surface area contributed by atoms with Crippen LogP contribution in [0.25, 0.3) is 10.9 Å². The van der Waals surface area contributed by atoms with Gasteiger partial charge in [0.1, 0.15) is 0 Å². The van der Waals surface area contributed by atoms with Crippen LogP contribution in [0, 0.1) is 6.92 Å². The van der Waals surface area contributed by atoms with E-state index in [0.29, 0.717) is 11.1 Å². The fraction of sp³-hybridized carbons (Fsp3) is 0.0968. The van der Waals surface area contributed by atoms with Gasteiger partial charge in [-0.25, -0.2) is 5.43 Å². The summed E-state index contributed by atoms with van der Waals surface area (Å²) in [5, 5.41) is 16.9. The van der Waals surface area contributed by atoms with Gasteiger partial charge in [0.05, 0.1) is 6.21 Å². The molecule has 0 aliphatic carbocycles. The van der Waals surface area contributed by atoms with E-state index in [1.165, 1.54) is 11.1 Å². The van der Waals surface area contributed by atoms with E-state index in [1.54, 1.807) is 54.7 Å². The molecule has 0 atom stereocenters. The highest BCUT2D eigenvalue weighted by molar-refractivity contribution is 6.00. The van der Waals surface area contributed by atoms with Gasteiger partial charge in [-0.05, 0) is 35.2 Å². The van der Waals surface area contributed by atoms with Crippen molar-refractivity contribution >= 4 is 23.0 Å². The third-order valence-corrected chi connectivity index (χ3v) is 6.50. The molecule has 1 amide bonds. The van der Waals surface area contributed by atoms with Gasteiger partial charge in [0, 0.05) is 29.2 Å². The molecule has 4 aromatic carbocycles. The fourth-order valence-electron chi connectivity index (χ4n) is 4.51. The monoisotopic (exact) mass is 473 g/mol. The molecule has 0 saturated carbocycles. The lowest BCUT2D eigenvalue weighted by Gasteiger charge is -2.27. The van der Waals surface area contributed by atoms with E-state index < -0.39 is 11.5 Å². The van der Waals surface area contributed by atoms with E-state index >= 15 is 0 Å². The van der Waals surface area contributed by atoms with E-state index in [1.807, 2.05) is 48.7 Å². The summed E-state index contributed by atoms with van der Waals surface area (Å²) >= 11 is 0. The average molecular weight is 474 g/mol. The number of carbonyl (C=O) groups excluding carboxylic acids is 1. The van der Waals surface area contributed by atoms with Crippen LogP contribution >= 0.6 is 0 Å². The summed E-state index contributed by atoms with van der Waals surface area (Å²) in [5.41, 5.74) is 6.07. The number of hydrogen-bond acceptors (Lipinski definition) is 3. The Hall–Kier alpha value is -4.48. The fourth-order valence-corrected chi connectivity index (χ4v) is 4.51. The number of benzene rings is 4. The number of amides is 1. The number of aliphatic hydroxyl groups is 1. The largest absolute Gasteiger partial charge is 0.372 e. The molecule has 0 bridgehead atoms. The summed E-state index contributed by atoms with van der Waals surface area (Å²) < 4.78 is 2.19. The molecule has 0 unspecified atom stereocenters. The van der Waals surface area contributed by atoms with Crippen LogP contribution in [0.3, 0.4) is 0 Å². The van der Waals surface area contributed by atoms with Gasteiger partial charge in [-0.15, -0.1) is 0 Å². The topological polar surface area (TPSA) is 66.6 Å². The number of carbonyl (C=O) groups is 1. The van der Waals surface area contributed by atoms with Gasteiger partial charge in [-0.1, -0.05) is 103 Å². The van der Waals surface area contributed by atoms with Crippen LogP contribution in [0.4, 0.5) is 0 Å². The molecule has 0 aliphatic rings. The van der Waals surface area contributed by atoms with E-state index in [9.17, 15) is 9.90 Å². The molecule has 178 valence electrons. The van der Waals surface area contributed by atoms with Gasteiger partial charge in [0.2, 0.25) is 0 Å². The first kappa shape index (κ1) is 23.3. The molecule has 1 heterocycles. The molecule has 1 aromatic heterocycles. The van der Waals surface area contributed by atoms with Gasteiger partial charge >= 0.3 is 0 Å². The Kier molecular flexibility index (Phi) is 6.48. The summed E-state index contributed by atoms with van der Waals surface area (Å²) in [6.45, 7) is 2.84. The van der Waals surface area contributed by atoms with Crippen molar-refractivity contribution in [3.63, 3.8) is 0 Å². The minimum atomic E-state index is -1.88. The summed E-state index contributed by atoms with van der Waals surface area (Å²) in [6, 6.07) is 34.2. The molecular formula is C31H27N3O2. The van der Waals surface area contributed by atoms with Gasteiger partial charge in [-0.3, -0.25) is 4.79 Å². The number of nitrogens with one attached hydrogen (secondary N) is 1. The number of hydrogen-bond donors (Lipinski definition) is 2. The van der Waals surface area contributed by atoms with Gasteiger partial charge in [0.25, 0.3) is 5.91 Å². The summed E-state index contributed by atoms with van der Waals surface area (Å²) in [5.74, 6) is -0.625. The molecule has 5 rings (SSSR count). The van der Waals surface area contributed by atoms with Gasteiger partial charge in [0.15, 0.2) is 5.60 Å². The van der Waals surface area contributed by atoms with Crippen LogP contribution in [-0.4, -0.2) is 21.8 Å². The SMILES string of the molecule is Cc1ccccc1Cn1cc(C=NNC(=O)C(O)(c2ccccc2)c2ccccc2)c2ccccc21. The Labute approximate surface area is 210 Å². The zero-order chi connectivity index (χ0) is 25.0. The highest BCUT2D eigenvalue weighted by Gasteiger charge is 2.39. The Balaban J connectivity index is 1.44. The molecule has 5 aromatic rings. The van der Waals surface area contributed by atoms with Crippen molar-refractivity contribution < 1.29 is 9.90 Å². The van der Waals surface area contributed by atoms with Crippen molar-refractivity contribution in [2.24, 2.45) is 5.10 Å². The smallest absolute Gasteiger partial charge is 0.281 e. The van der Waals surface area contributed by atoms with Gasteiger partial charge < -0.3 is 9.67 Å².